The lowest BCUT2D eigenvalue weighted by molar-refractivity contribution is -0.137. The van der Waals surface area contributed by atoms with Gasteiger partial charge in [-0.15, -0.1) is 0 Å². The molecule has 0 amide bonds. The van der Waals surface area contributed by atoms with Crippen molar-refractivity contribution < 1.29 is 9.90 Å². The van der Waals surface area contributed by atoms with E-state index in [-0.39, 0.29) is 24.7 Å². The van der Waals surface area contributed by atoms with Crippen molar-refractivity contribution in [2.24, 2.45) is 0 Å². The number of nitrogens with one attached hydrogen (secondary N) is 1. The highest BCUT2D eigenvalue weighted by Crippen LogP contribution is 2.34. The molecule has 4 aromatic rings. The Labute approximate surface area is 169 Å². The second-order valence-corrected chi connectivity index (χ2v) is 7.83. The summed E-state index contributed by atoms with van der Waals surface area (Å²) < 4.78 is 4.29. The van der Waals surface area contributed by atoms with Gasteiger partial charge < -0.3 is 10.1 Å². The van der Waals surface area contributed by atoms with Crippen molar-refractivity contribution >= 4 is 43.8 Å². The number of benzene rings is 2. The van der Waals surface area contributed by atoms with Crippen LogP contribution in [0.25, 0.3) is 21.9 Å². The summed E-state index contributed by atoms with van der Waals surface area (Å²) in [6.07, 6.45) is 1.87. The first kappa shape index (κ1) is 18.6. The number of carboxylic acids is 1. The number of para-hydroxylation sites is 2. The molecule has 2 aromatic heterocycles. The number of aryl methyl sites for hydroxylation is 2. The molecule has 1 unspecified atom stereocenters. The molecule has 144 valence electrons. The van der Waals surface area contributed by atoms with E-state index in [1.165, 1.54) is 0 Å². The van der Waals surface area contributed by atoms with Crippen molar-refractivity contribution in [3.63, 3.8) is 0 Å². The molecule has 0 aliphatic heterocycles. The van der Waals surface area contributed by atoms with Crippen LogP contribution in [0.1, 0.15) is 30.5 Å². The molecule has 7 heteroatoms. The highest BCUT2D eigenvalue weighted by molar-refractivity contribution is 9.10. The Bertz CT molecular complexity index is 1270. The van der Waals surface area contributed by atoms with Crippen LogP contribution in [0.4, 0.5) is 0 Å². The zero-order chi connectivity index (χ0) is 20.0. The molecular weight excluding hydrogens is 422 g/mol. The van der Waals surface area contributed by atoms with Crippen LogP contribution in [0.15, 0.2) is 51.9 Å². The molecule has 0 radical (unpaired) electrons. The first-order valence-electron chi connectivity index (χ1n) is 9.07. The van der Waals surface area contributed by atoms with Gasteiger partial charge in [0.15, 0.2) is 0 Å². The van der Waals surface area contributed by atoms with E-state index in [0.717, 1.165) is 37.5 Å². The predicted molar refractivity (Wildman–Crippen MR) is 113 cm³/mol. The Morgan fingerprint density at radius 2 is 1.93 bits per heavy atom. The number of H-pyrrole nitrogens is 1. The topological polar surface area (TPSA) is 80.0 Å². The monoisotopic (exact) mass is 441 g/mol. The summed E-state index contributed by atoms with van der Waals surface area (Å²) >= 11 is 3.58. The van der Waals surface area contributed by atoms with Gasteiger partial charge in [0.05, 0.1) is 29.0 Å². The highest BCUT2D eigenvalue weighted by Gasteiger charge is 2.22. The standard InChI is InChI=1S/C21H20BrN3O3/c1-12-11-23-20-15(22)8-7-14(19(12)20)13(2)25-17-6-4-3-5-16(17)24(21(25)28)10-9-18(26)27/h3-8,11,13,23H,9-10H2,1-2H3,(H,26,27). The zero-order valence-corrected chi connectivity index (χ0v) is 17.2. The summed E-state index contributed by atoms with van der Waals surface area (Å²) in [4.78, 5) is 27.6. The van der Waals surface area contributed by atoms with Gasteiger partial charge in [-0.1, -0.05) is 18.2 Å². The number of carboxylic acid groups (broad SMARTS) is 1. The lowest BCUT2D eigenvalue weighted by atomic mass is 10.0. The Hall–Kier alpha value is -2.80. The van der Waals surface area contributed by atoms with Crippen molar-refractivity contribution in [3.8, 4) is 0 Å². The molecular formula is C21H20BrN3O3. The van der Waals surface area contributed by atoms with E-state index >= 15 is 0 Å². The number of rotatable bonds is 5. The molecule has 4 rings (SSSR count). The molecule has 2 aromatic carbocycles. The van der Waals surface area contributed by atoms with E-state index < -0.39 is 5.97 Å². The summed E-state index contributed by atoms with van der Waals surface area (Å²) in [5, 5.41) is 10.1. The van der Waals surface area contributed by atoms with Crippen molar-refractivity contribution in [2.75, 3.05) is 0 Å². The molecule has 1 atom stereocenters. The van der Waals surface area contributed by atoms with E-state index in [2.05, 4.69) is 20.9 Å². The Morgan fingerprint density at radius 1 is 1.21 bits per heavy atom. The summed E-state index contributed by atoms with van der Waals surface area (Å²) in [5.74, 6) is -0.922. The Balaban J connectivity index is 1.94. The summed E-state index contributed by atoms with van der Waals surface area (Å²) in [5.41, 5.74) is 4.51. The van der Waals surface area contributed by atoms with Gasteiger partial charge in [0.25, 0.3) is 0 Å². The summed E-state index contributed by atoms with van der Waals surface area (Å²) in [6, 6.07) is 11.3. The third-order valence-corrected chi connectivity index (χ3v) is 5.93. The zero-order valence-electron chi connectivity index (χ0n) is 15.6. The SMILES string of the molecule is Cc1c[nH]c2c(Br)ccc(C(C)n3c(=O)n(CCC(=O)O)c4ccccc43)c12. The second-order valence-electron chi connectivity index (χ2n) is 6.97. The van der Waals surface area contributed by atoms with Crippen molar-refractivity contribution in [2.45, 2.75) is 32.9 Å². The minimum Gasteiger partial charge on any atom is -0.481 e. The maximum atomic E-state index is 13.3. The number of carbonyl (C=O) groups is 1. The van der Waals surface area contributed by atoms with E-state index in [1.54, 1.807) is 9.13 Å². The third kappa shape index (κ3) is 2.86. The van der Waals surface area contributed by atoms with E-state index in [4.69, 9.17) is 5.11 Å². The van der Waals surface area contributed by atoms with Crippen LogP contribution in [0.2, 0.25) is 0 Å². The number of aliphatic carboxylic acids is 1. The molecule has 0 bridgehead atoms. The van der Waals surface area contributed by atoms with E-state index in [1.807, 2.05) is 56.4 Å². The maximum Gasteiger partial charge on any atom is 0.329 e. The Kier molecular flexibility index (Phi) is 4.63. The molecule has 2 heterocycles. The fourth-order valence-electron chi connectivity index (χ4n) is 3.93. The van der Waals surface area contributed by atoms with Gasteiger partial charge in [-0.05, 0) is 59.1 Å². The van der Waals surface area contributed by atoms with Crippen LogP contribution in [-0.4, -0.2) is 25.2 Å². The number of aromatic nitrogens is 3. The first-order valence-corrected chi connectivity index (χ1v) is 9.87. The molecule has 0 saturated heterocycles. The fourth-order valence-corrected chi connectivity index (χ4v) is 4.37. The van der Waals surface area contributed by atoms with E-state index in [0.29, 0.717) is 0 Å². The minimum absolute atomic E-state index is 0.0955. The average Bonchev–Trinajstić information content (AvgIpc) is 3.18. The predicted octanol–water partition coefficient (Wildman–Crippen LogP) is 4.44. The fraction of sp³-hybridized carbons (Fsp3) is 0.238. The molecule has 0 aliphatic carbocycles. The minimum atomic E-state index is -0.922. The number of fused-ring (bicyclic) bond motifs is 2. The smallest absolute Gasteiger partial charge is 0.329 e. The lowest BCUT2D eigenvalue weighted by Crippen LogP contribution is -2.27. The molecule has 0 fully saturated rings. The number of nitrogens with zero attached hydrogens (tertiary/aromatic N) is 2. The highest BCUT2D eigenvalue weighted by atomic mass is 79.9. The molecule has 6 nitrogen and oxygen atoms in total. The van der Waals surface area contributed by atoms with Gasteiger partial charge in [-0.3, -0.25) is 13.9 Å². The van der Waals surface area contributed by atoms with Crippen LogP contribution >= 0.6 is 15.9 Å². The number of hydrogen-bond acceptors (Lipinski definition) is 2. The lowest BCUT2D eigenvalue weighted by Gasteiger charge is -2.16. The molecule has 0 saturated carbocycles. The summed E-state index contributed by atoms with van der Waals surface area (Å²) in [6.45, 7) is 4.19. The molecule has 0 aliphatic rings. The van der Waals surface area contributed by atoms with Crippen LogP contribution in [0.3, 0.4) is 0 Å². The molecule has 28 heavy (non-hydrogen) atoms. The van der Waals surface area contributed by atoms with Crippen molar-refractivity contribution in [1.29, 1.82) is 0 Å². The normalized spacial score (nSPS) is 12.7. The van der Waals surface area contributed by atoms with Crippen LogP contribution in [0.5, 0.6) is 0 Å². The number of imidazole rings is 1. The van der Waals surface area contributed by atoms with Crippen molar-refractivity contribution in [1.82, 2.24) is 14.1 Å². The van der Waals surface area contributed by atoms with Gasteiger partial charge in [-0.25, -0.2) is 4.79 Å². The Morgan fingerprint density at radius 3 is 2.64 bits per heavy atom. The second kappa shape index (κ2) is 6.98. The maximum absolute atomic E-state index is 13.3. The third-order valence-electron chi connectivity index (χ3n) is 5.27. The van der Waals surface area contributed by atoms with Crippen molar-refractivity contribution in [3.05, 3.63) is 68.7 Å². The van der Waals surface area contributed by atoms with Gasteiger partial charge in [-0.2, -0.15) is 0 Å². The molecule has 2 N–H and O–H groups in total. The number of hydrogen-bond donors (Lipinski definition) is 2. The van der Waals surface area contributed by atoms with Gasteiger partial charge in [0, 0.05) is 22.6 Å². The number of halogens is 1. The largest absolute Gasteiger partial charge is 0.481 e. The first-order chi connectivity index (χ1) is 13.4. The van der Waals surface area contributed by atoms with Gasteiger partial charge in [0.1, 0.15) is 0 Å². The van der Waals surface area contributed by atoms with Gasteiger partial charge in [0.2, 0.25) is 0 Å². The summed E-state index contributed by atoms with van der Waals surface area (Å²) in [7, 11) is 0. The van der Waals surface area contributed by atoms with Crippen LogP contribution < -0.4 is 5.69 Å². The van der Waals surface area contributed by atoms with Gasteiger partial charge >= 0.3 is 11.7 Å². The molecule has 0 spiro atoms. The van der Waals surface area contributed by atoms with Crippen LogP contribution in [0, 0.1) is 6.92 Å². The number of aromatic amines is 1. The van der Waals surface area contributed by atoms with E-state index in [9.17, 15) is 9.59 Å². The van der Waals surface area contributed by atoms with Crippen LogP contribution in [-0.2, 0) is 11.3 Å². The average molecular weight is 442 g/mol. The quantitative estimate of drug-likeness (QED) is 0.480.